The summed E-state index contributed by atoms with van der Waals surface area (Å²) in [7, 11) is 0. The van der Waals surface area contributed by atoms with Gasteiger partial charge in [0.25, 0.3) is 0 Å². The van der Waals surface area contributed by atoms with Crippen LogP contribution in [-0.2, 0) is 11.3 Å². The minimum absolute atomic E-state index is 0.861. The Labute approximate surface area is 104 Å². The molecule has 0 aromatic heterocycles. The van der Waals surface area contributed by atoms with E-state index in [0.29, 0.717) is 0 Å². The van der Waals surface area contributed by atoms with Crippen LogP contribution in [0.25, 0.3) is 0 Å². The second kappa shape index (κ2) is 6.44. The molecule has 1 aromatic carbocycles. The molecule has 0 unspecified atom stereocenters. The zero-order chi connectivity index (χ0) is 11.9. The Bertz CT molecular complexity index is 393. The van der Waals surface area contributed by atoms with E-state index >= 15 is 0 Å². The van der Waals surface area contributed by atoms with E-state index in [1.165, 1.54) is 5.56 Å². The van der Waals surface area contributed by atoms with Crippen molar-refractivity contribution < 1.29 is 4.74 Å². The quantitative estimate of drug-likeness (QED) is 0.721. The van der Waals surface area contributed by atoms with Gasteiger partial charge in [-0.3, -0.25) is 4.90 Å². The van der Waals surface area contributed by atoms with E-state index in [9.17, 15) is 0 Å². The summed E-state index contributed by atoms with van der Waals surface area (Å²) in [6.45, 7) is 6.89. The Morgan fingerprint density at radius 3 is 2.53 bits per heavy atom. The molecule has 90 valence electrons. The molecule has 0 atom stereocenters. The predicted octanol–water partition coefficient (Wildman–Crippen LogP) is 2.28. The number of nitrogens with zero attached hydrogens (tertiary/aromatic N) is 1. The van der Waals surface area contributed by atoms with Gasteiger partial charge in [-0.1, -0.05) is 30.9 Å². The van der Waals surface area contributed by atoms with Crippen LogP contribution in [0.15, 0.2) is 24.3 Å². The van der Waals surface area contributed by atoms with Crippen molar-refractivity contribution in [2.45, 2.75) is 19.9 Å². The highest BCUT2D eigenvalue weighted by Crippen LogP contribution is 2.08. The van der Waals surface area contributed by atoms with Crippen LogP contribution in [-0.4, -0.2) is 31.2 Å². The normalized spacial score (nSPS) is 16.3. The van der Waals surface area contributed by atoms with Crippen molar-refractivity contribution in [3.8, 4) is 11.8 Å². The molecule has 1 aliphatic rings. The fourth-order valence-electron chi connectivity index (χ4n) is 1.90. The third-order valence-corrected chi connectivity index (χ3v) is 2.87. The first kappa shape index (κ1) is 12.2. The second-order valence-corrected chi connectivity index (χ2v) is 4.24. The lowest BCUT2D eigenvalue weighted by molar-refractivity contribution is 0.0342. The summed E-state index contributed by atoms with van der Waals surface area (Å²) in [6, 6.07) is 8.57. The maximum absolute atomic E-state index is 5.34. The lowest BCUT2D eigenvalue weighted by atomic mass is 10.1. The Hall–Kier alpha value is -1.30. The van der Waals surface area contributed by atoms with Crippen LogP contribution in [0.3, 0.4) is 0 Å². The van der Waals surface area contributed by atoms with E-state index in [1.807, 2.05) is 0 Å². The van der Waals surface area contributed by atoms with Gasteiger partial charge in [0.05, 0.1) is 13.2 Å². The van der Waals surface area contributed by atoms with Crippen LogP contribution in [0.4, 0.5) is 0 Å². The maximum atomic E-state index is 5.34. The summed E-state index contributed by atoms with van der Waals surface area (Å²) in [6.07, 6.45) is 0.912. The fraction of sp³-hybridized carbons (Fsp3) is 0.467. The fourth-order valence-corrected chi connectivity index (χ4v) is 1.90. The molecule has 0 saturated carbocycles. The van der Waals surface area contributed by atoms with Gasteiger partial charge in [0, 0.05) is 31.6 Å². The molecular formula is C15H19NO. The summed E-state index contributed by atoms with van der Waals surface area (Å²) in [4.78, 5) is 2.43. The predicted molar refractivity (Wildman–Crippen MR) is 69.7 cm³/mol. The topological polar surface area (TPSA) is 12.5 Å². The van der Waals surface area contributed by atoms with Gasteiger partial charge in [-0.2, -0.15) is 0 Å². The number of benzene rings is 1. The van der Waals surface area contributed by atoms with E-state index in [0.717, 1.165) is 44.8 Å². The second-order valence-electron chi connectivity index (χ2n) is 4.24. The van der Waals surface area contributed by atoms with E-state index in [1.54, 1.807) is 0 Å². The standard InChI is InChI=1S/C15H19NO/c1-2-3-4-14-5-7-15(8-6-14)13-16-9-11-17-12-10-16/h5-8H,2,9-13H2,1H3. The van der Waals surface area contributed by atoms with E-state index in [-0.39, 0.29) is 0 Å². The molecular weight excluding hydrogens is 210 g/mol. The van der Waals surface area contributed by atoms with Gasteiger partial charge in [0.2, 0.25) is 0 Å². The Morgan fingerprint density at radius 1 is 1.18 bits per heavy atom. The first-order chi connectivity index (χ1) is 8.38. The highest BCUT2D eigenvalue weighted by molar-refractivity contribution is 5.36. The van der Waals surface area contributed by atoms with Crippen LogP contribution in [0.5, 0.6) is 0 Å². The third-order valence-electron chi connectivity index (χ3n) is 2.87. The molecule has 1 aromatic rings. The average Bonchev–Trinajstić information content (AvgIpc) is 2.39. The van der Waals surface area contributed by atoms with Gasteiger partial charge >= 0.3 is 0 Å². The van der Waals surface area contributed by atoms with E-state index in [4.69, 9.17) is 4.74 Å². The van der Waals surface area contributed by atoms with Crippen molar-refractivity contribution in [3.63, 3.8) is 0 Å². The van der Waals surface area contributed by atoms with Gasteiger partial charge in [-0.25, -0.2) is 0 Å². The van der Waals surface area contributed by atoms with Gasteiger partial charge in [-0.05, 0) is 17.7 Å². The number of rotatable bonds is 2. The molecule has 1 fully saturated rings. The zero-order valence-electron chi connectivity index (χ0n) is 10.4. The molecule has 1 aliphatic heterocycles. The van der Waals surface area contributed by atoms with Crippen molar-refractivity contribution >= 4 is 0 Å². The van der Waals surface area contributed by atoms with Crippen molar-refractivity contribution in [1.82, 2.24) is 4.90 Å². The third kappa shape index (κ3) is 3.89. The van der Waals surface area contributed by atoms with Crippen LogP contribution in [0.1, 0.15) is 24.5 Å². The van der Waals surface area contributed by atoms with Crippen LogP contribution in [0, 0.1) is 11.8 Å². The molecule has 0 bridgehead atoms. The molecule has 0 aliphatic carbocycles. The number of hydrogen-bond donors (Lipinski definition) is 0. The molecule has 1 saturated heterocycles. The molecule has 2 heteroatoms. The van der Waals surface area contributed by atoms with E-state index < -0.39 is 0 Å². The van der Waals surface area contributed by atoms with E-state index in [2.05, 4.69) is 47.9 Å². The smallest absolute Gasteiger partial charge is 0.0594 e. The maximum Gasteiger partial charge on any atom is 0.0594 e. The van der Waals surface area contributed by atoms with Crippen LogP contribution < -0.4 is 0 Å². The zero-order valence-corrected chi connectivity index (χ0v) is 10.4. The molecule has 1 heterocycles. The van der Waals surface area contributed by atoms with Crippen molar-refractivity contribution in [3.05, 3.63) is 35.4 Å². The summed E-state index contributed by atoms with van der Waals surface area (Å²) in [5.41, 5.74) is 2.46. The first-order valence-electron chi connectivity index (χ1n) is 6.26. The molecule has 0 spiro atoms. The van der Waals surface area contributed by atoms with Crippen molar-refractivity contribution in [2.24, 2.45) is 0 Å². The highest BCUT2D eigenvalue weighted by Gasteiger charge is 2.10. The van der Waals surface area contributed by atoms with Gasteiger partial charge in [0.15, 0.2) is 0 Å². The summed E-state index contributed by atoms with van der Waals surface area (Å²) in [5.74, 6) is 6.23. The van der Waals surface area contributed by atoms with Crippen molar-refractivity contribution in [1.29, 1.82) is 0 Å². The number of hydrogen-bond acceptors (Lipinski definition) is 2. The molecule has 2 nitrogen and oxygen atoms in total. The average molecular weight is 229 g/mol. The SMILES string of the molecule is CCC#Cc1ccc(CN2CCOCC2)cc1. The van der Waals surface area contributed by atoms with Crippen molar-refractivity contribution in [2.75, 3.05) is 26.3 Å². The van der Waals surface area contributed by atoms with Gasteiger partial charge in [-0.15, -0.1) is 0 Å². The Kier molecular flexibility index (Phi) is 4.61. The highest BCUT2D eigenvalue weighted by atomic mass is 16.5. The molecule has 2 rings (SSSR count). The molecule has 17 heavy (non-hydrogen) atoms. The Balaban J connectivity index is 1.93. The number of ether oxygens (including phenoxy) is 1. The molecule has 0 amide bonds. The summed E-state index contributed by atoms with van der Waals surface area (Å²) < 4.78 is 5.34. The largest absolute Gasteiger partial charge is 0.379 e. The van der Waals surface area contributed by atoms with Crippen LogP contribution in [0.2, 0.25) is 0 Å². The molecule has 0 N–H and O–H groups in total. The minimum Gasteiger partial charge on any atom is -0.379 e. The summed E-state index contributed by atoms with van der Waals surface area (Å²) >= 11 is 0. The van der Waals surface area contributed by atoms with Gasteiger partial charge in [0.1, 0.15) is 0 Å². The monoisotopic (exact) mass is 229 g/mol. The van der Waals surface area contributed by atoms with Crippen LogP contribution >= 0.6 is 0 Å². The van der Waals surface area contributed by atoms with Gasteiger partial charge < -0.3 is 4.74 Å². The lowest BCUT2D eigenvalue weighted by Gasteiger charge is -2.26. The minimum atomic E-state index is 0.861. The summed E-state index contributed by atoms with van der Waals surface area (Å²) in [5, 5.41) is 0. The molecule has 0 radical (unpaired) electrons. The first-order valence-corrected chi connectivity index (χ1v) is 6.26. The lowest BCUT2D eigenvalue weighted by Crippen LogP contribution is -2.35. The number of morpholine rings is 1. The Morgan fingerprint density at radius 2 is 1.88 bits per heavy atom.